The summed E-state index contributed by atoms with van der Waals surface area (Å²) in [5.41, 5.74) is 7.83. The normalized spacial score (nSPS) is 14.8. The van der Waals surface area contributed by atoms with E-state index in [1.807, 2.05) is 30.3 Å². The summed E-state index contributed by atoms with van der Waals surface area (Å²) in [6.07, 6.45) is 4.62. The second-order valence-corrected chi connectivity index (χ2v) is 9.01. The molecule has 3 amide bonds. The van der Waals surface area contributed by atoms with E-state index in [4.69, 9.17) is 5.73 Å². The average Bonchev–Trinajstić information content (AvgIpc) is 3.61. The molecule has 14 nitrogen and oxygen atoms in total. The molecule has 3 aromatic rings. The maximum atomic E-state index is 13.4. The number of amides is 3. The van der Waals surface area contributed by atoms with Crippen LogP contribution in [0.1, 0.15) is 23.9 Å². The van der Waals surface area contributed by atoms with Crippen molar-refractivity contribution >= 4 is 23.7 Å². The molecule has 2 aromatic heterocycles. The fourth-order valence-corrected chi connectivity index (χ4v) is 3.80. The summed E-state index contributed by atoms with van der Waals surface area (Å²) < 4.78 is 0. The Hall–Kier alpha value is -4.56. The Morgan fingerprint density at radius 3 is 1.82 bits per heavy atom. The number of carbonyl (C=O) groups is 4. The van der Waals surface area contributed by atoms with Gasteiger partial charge in [-0.3, -0.25) is 14.4 Å². The van der Waals surface area contributed by atoms with Gasteiger partial charge in [-0.1, -0.05) is 30.3 Å². The number of hydrogen-bond donors (Lipinski definition) is 8. The minimum atomic E-state index is -1.60. The van der Waals surface area contributed by atoms with Gasteiger partial charge in [0.15, 0.2) is 6.04 Å². The summed E-state index contributed by atoms with van der Waals surface area (Å²) in [5, 5.41) is 26.6. The lowest BCUT2D eigenvalue weighted by molar-refractivity contribution is -0.145. The molecule has 39 heavy (non-hydrogen) atoms. The molecule has 0 saturated heterocycles. The van der Waals surface area contributed by atoms with Crippen molar-refractivity contribution in [3.8, 4) is 0 Å². The number of aliphatic hydroxyl groups excluding tert-OH is 1. The number of rotatable bonds is 14. The molecule has 3 rings (SSSR count). The molecule has 0 bridgehead atoms. The van der Waals surface area contributed by atoms with Crippen LogP contribution in [0.15, 0.2) is 55.4 Å². The number of nitrogens with zero attached hydrogens (tertiary/aromatic N) is 2. The largest absolute Gasteiger partial charge is 0.480 e. The van der Waals surface area contributed by atoms with Crippen molar-refractivity contribution in [1.82, 2.24) is 35.9 Å². The van der Waals surface area contributed by atoms with Gasteiger partial charge >= 0.3 is 5.97 Å². The minimum Gasteiger partial charge on any atom is -0.480 e. The Kier molecular flexibility index (Phi) is 10.3. The quantitative estimate of drug-likeness (QED) is 0.118. The maximum absolute atomic E-state index is 13.4. The van der Waals surface area contributed by atoms with Gasteiger partial charge in [0.1, 0.15) is 12.1 Å². The number of aromatic nitrogens is 4. The SMILES string of the molecule is C[C@@H](O)[C@H](NC(=O)[C@H](Cc1c[nH]cn1)NC(=O)[C@H](Cc1c[nH]cn1)NC(=O)[C@@H](N)Cc1ccccc1)C(=O)O. The molecule has 0 aliphatic heterocycles. The lowest BCUT2D eigenvalue weighted by Crippen LogP contribution is -2.59. The van der Waals surface area contributed by atoms with Gasteiger partial charge in [-0.2, -0.15) is 0 Å². The Labute approximate surface area is 223 Å². The summed E-state index contributed by atoms with van der Waals surface area (Å²) >= 11 is 0. The van der Waals surface area contributed by atoms with E-state index >= 15 is 0 Å². The van der Waals surface area contributed by atoms with Crippen molar-refractivity contribution in [2.45, 2.75) is 56.5 Å². The van der Waals surface area contributed by atoms with E-state index in [1.54, 1.807) is 6.20 Å². The molecule has 208 valence electrons. The van der Waals surface area contributed by atoms with Gasteiger partial charge in [-0.15, -0.1) is 0 Å². The minimum absolute atomic E-state index is 0.0126. The number of nitrogens with two attached hydrogens (primary N) is 1. The smallest absolute Gasteiger partial charge is 0.328 e. The van der Waals surface area contributed by atoms with Crippen molar-refractivity contribution in [3.63, 3.8) is 0 Å². The Morgan fingerprint density at radius 2 is 1.36 bits per heavy atom. The first-order valence-corrected chi connectivity index (χ1v) is 12.2. The van der Waals surface area contributed by atoms with Gasteiger partial charge in [-0.05, 0) is 18.9 Å². The van der Waals surface area contributed by atoms with E-state index in [9.17, 15) is 29.4 Å². The highest BCUT2D eigenvalue weighted by atomic mass is 16.4. The number of H-pyrrole nitrogens is 2. The van der Waals surface area contributed by atoms with Crippen LogP contribution < -0.4 is 21.7 Å². The topological polar surface area (TPSA) is 228 Å². The second-order valence-electron chi connectivity index (χ2n) is 9.01. The first kappa shape index (κ1) is 29.0. The molecule has 5 atom stereocenters. The first-order chi connectivity index (χ1) is 18.6. The van der Waals surface area contributed by atoms with Crippen LogP contribution in [0.3, 0.4) is 0 Å². The molecule has 0 fully saturated rings. The molecule has 0 spiro atoms. The molecule has 2 heterocycles. The number of imidazole rings is 2. The third kappa shape index (κ3) is 8.76. The highest BCUT2D eigenvalue weighted by Crippen LogP contribution is 2.06. The third-order valence-electron chi connectivity index (χ3n) is 5.88. The average molecular weight is 541 g/mol. The van der Waals surface area contributed by atoms with Crippen molar-refractivity contribution in [2.24, 2.45) is 5.73 Å². The number of nitrogens with one attached hydrogen (secondary N) is 5. The molecule has 0 saturated carbocycles. The Bertz CT molecular complexity index is 1220. The molecule has 0 unspecified atom stereocenters. The molecular weight excluding hydrogens is 508 g/mol. The van der Waals surface area contributed by atoms with Crippen LogP contribution in [0.4, 0.5) is 0 Å². The van der Waals surface area contributed by atoms with Crippen LogP contribution in [-0.2, 0) is 38.4 Å². The zero-order valence-corrected chi connectivity index (χ0v) is 21.2. The highest BCUT2D eigenvalue weighted by Gasteiger charge is 2.32. The zero-order chi connectivity index (χ0) is 28.4. The number of carboxylic acid groups (broad SMARTS) is 1. The lowest BCUT2D eigenvalue weighted by Gasteiger charge is -2.25. The third-order valence-corrected chi connectivity index (χ3v) is 5.88. The molecule has 9 N–H and O–H groups in total. The Balaban J connectivity index is 1.77. The van der Waals surface area contributed by atoms with Crippen molar-refractivity contribution in [2.75, 3.05) is 0 Å². The summed E-state index contributed by atoms with van der Waals surface area (Å²) in [5.74, 6) is -3.61. The molecule has 14 heteroatoms. The fourth-order valence-electron chi connectivity index (χ4n) is 3.80. The zero-order valence-electron chi connectivity index (χ0n) is 21.2. The van der Waals surface area contributed by atoms with Crippen LogP contribution in [-0.4, -0.2) is 84.1 Å². The summed E-state index contributed by atoms with van der Waals surface area (Å²) in [7, 11) is 0. The number of aliphatic hydroxyl groups is 1. The van der Waals surface area contributed by atoms with Crippen molar-refractivity contribution < 1.29 is 29.4 Å². The number of hydrogen-bond acceptors (Lipinski definition) is 8. The van der Waals surface area contributed by atoms with Gasteiger partial charge in [0.2, 0.25) is 17.7 Å². The summed E-state index contributed by atoms with van der Waals surface area (Å²) in [4.78, 5) is 64.6. The molecule has 0 aliphatic carbocycles. The van der Waals surface area contributed by atoms with Crippen LogP contribution in [0.5, 0.6) is 0 Å². The monoisotopic (exact) mass is 540 g/mol. The van der Waals surface area contributed by atoms with Crippen LogP contribution >= 0.6 is 0 Å². The van der Waals surface area contributed by atoms with E-state index < -0.39 is 54.0 Å². The fraction of sp³-hybridized carbons (Fsp3) is 0.360. The second kappa shape index (κ2) is 13.8. The highest BCUT2D eigenvalue weighted by molar-refractivity contribution is 5.94. The van der Waals surface area contributed by atoms with Crippen molar-refractivity contribution in [3.05, 3.63) is 72.3 Å². The van der Waals surface area contributed by atoms with Crippen LogP contribution in [0.25, 0.3) is 0 Å². The number of aliphatic carboxylic acids is 1. The molecule has 0 radical (unpaired) electrons. The van der Waals surface area contributed by atoms with Gasteiger partial charge in [0.25, 0.3) is 0 Å². The maximum Gasteiger partial charge on any atom is 0.328 e. The van der Waals surface area contributed by atoms with E-state index in [0.717, 1.165) is 5.56 Å². The number of aromatic amines is 2. The van der Waals surface area contributed by atoms with E-state index in [0.29, 0.717) is 11.4 Å². The van der Waals surface area contributed by atoms with Crippen LogP contribution in [0.2, 0.25) is 0 Å². The van der Waals surface area contributed by atoms with E-state index in [1.165, 1.54) is 25.8 Å². The van der Waals surface area contributed by atoms with Gasteiger partial charge in [0, 0.05) is 25.2 Å². The van der Waals surface area contributed by atoms with E-state index in [-0.39, 0.29) is 19.3 Å². The number of benzene rings is 1. The van der Waals surface area contributed by atoms with Crippen LogP contribution in [0, 0.1) is 0 Å². The van der Waals surface area contributed by atoms with Gasteiger partial charge in [0.05, 0.1) is 36.2 Å². The molecular formula is C25H32N8O6. The molecule has 0 aliphatic rings. The summed E-state index contributed by atoms with van der Waals surface area (Å²) in [6.45, 7) is 1.22. The number of carboxylic acids is 1. The van der Waals surface area contributed by atoms with Gasteiger partial charge in [-0.25, -0.2) is 14.8 Å². The Morgan fingerprint density at radius 1 is 0.846 bits per heavy atom. The molecule has 1 aromatic carbocycles. The first-order valence-electron chi connectivity index (χ1n) is 12.2. The number of carbonyl (C=O) groups excluding carboxylic acids is 3. The van der Waals surface area contributed by atoms with Crippen molar-refractivity contribution in [1.29, 1.82) is 0 Å². The predicted octanol–water partition coefficient (Wildman–Crippen LogP) is -1.59. The lowest BCUT2D eigenvalue weighted by atomic mass is 10.0. The predicted molar refractivity (Wildman–Crippen MR) is 138 cm³/mol. The van der Waals surface area contributed by atoms with Gasteiger partial charge < -0.3 is 41.9 Å². The standard InChI is InChI=1S/C25H32N8O6/c1-14(34)21(25(38)39)33-24(37)20(9-17-11-28-13-30-17)32-23(36)19(8-16-10-27-12-29-16)31-22(35)18(26)7-15-5-3-2-4-6-15/h2-6,10-14,18-21,34H,7-9,26H2,1H3,(H,27,29)(H,28,30)(H,31,35)(H,32,36)(H,33,37)(H,38,39)/t14-,18+,19+,20+,21+/m1/s1. The summed E-state index contributed by atoms with van der Waals surface area (Å²) in [6, 6.07) is 4.15. The van der Waals surface area contributed by atoms with E-state index in [2.05, 4.69) is 35.9 Å².